The minimum Gasteiger partial charge on any atom is -0.392 e. The molecular weight excluding hydrogens is 326 g/mol. The predicted molar refractivity (Wildman–Crippen MR) is 92.5 cm³/mol. The molecule has 0 saturated heterocycles. The largest absolute Gasteiger partial charge is 0.392 e. The fourth-order valence-corrected chi connectivity index (χ4v) is 3.16. The van der Waals surface area contributed by atoms with E-state index in [1.54, 1.807) is 6.20 Å². The van der Waals surface area contributed by atoms with Crippen molar-refractivity contribution in [3.63, 3.8) is 0 Å². The van der Waals surface area contributed by atoms with Gasteiger partial charge >= 0.3 is 0 Å². The summed E-state index contributed by atoms with van der Waals surface area (Å²) in [6.45, 7) is 2.32. The molecule has 0 aliphatic rings. The molecular formula is C17H17N3O3S. The molecule has 0 atom stereocenters. The first kappa shape index (κ1) is 16.4. The molecule has 2 aromatic heterocycles. The molecule has 124 valence electrons. The van der Waals surface area contributed by atoms with Gasteiger partial charge in [0.15, 0.2) is 4.96 Å². The van der Waals surface area contributed by atoms with Gasteiger partial charge in [-0.3, -0.25) is 14.0 Å². The summed E-state index contributed by atoms with van der Waals surface area (Å²) in [4.78, 5) is 30.3. The maximum atomic E-state index is 12.3. The van der Waals surface area contributed by atoms with Gasteiger partial charge in [-0.1, -0.05) is 24.3 Å². The lowest BCUT2D eigenvalue weighted by Crippen LogP contribution is -2.32. The summed E-state index contributed by atoms with van der Waals surface area (Å²) in [5.74, 6) is -0.419. The number of nitrogens with one attached hydrogen (secondary N) is 1. The van der Waals surface area contributed by atoms with Crippen LogP contribution in [0.4, 0.5) is 0 Å². The zero-order valence-corrected chi connectivity index (χ0v) is 14.0. The van der Waals surface area contributed by atoms with E-state index in [-0.39, 0.29) is 17.7 Å². The van der Waals surface area contributed by atoms with Gasteiger partial charge in [-0.15, -0.1) is 11.3 Å². The highest BCUT2D eigenvalue weighted by Crippen LogP contribution is 2.12. The molecule has 0 aliphatic carbocycles. The van der Waals surface area contributed by atoms with Crippen molar-refractivity contribution in [2.75, 3.05) is 6.54 Å². The quantitative estimate of drug-likeness (QED) is 0.736. The molecule has 0 aliphatic heterocycles. The van der Waals surface area contributed by atoms with Crippen molar-refractivity contribution in [1.82, 2.24) is 14.7 Å². The lowest BCUT2D eigenvalue weighted by atomic mass is 10.1. The Kier molecular flexibility index (Phi) is 4.73. The molecule has 6 nitrogen and oxygen atoms in total. The average molecular weight is 343 g/mol. The number of carbonyl (C=O) groups excluding carboxylic acids is 1. The van der Waals surface area contributed by atoms with Gasteiger partial charge in [-0.25, -0.2) is 4.98 Å². The number of hydrogen-bond donors (Lipinski definition) is 2. The Morgan fingerprint density at radius 2 is 2.00 bits per heavy atom. The zero-order valence-electron chi connectivity index (χ0n) is 13.2. The van der Waals surface area contributed by atoms with E-state index in [2.05, 4.69) is 10.3 Å². The van der Waals surface area contributed by atoms with Crippen LogP contribution in [0.15, 0.2) is 41.5 Å². The molecule has 7 heteroatoms. The molecule has 2 heterocycles. The van der Waals surface area contributed by atoms with Crippen molar-refractivity contribution in [3.8, 4) is 0 Å². The molecule has 1 aromatic carbocycles. The molecule has 24 heavy (non-hydrogen) atoms. The van der Waals surface area contributed by atoms with Gasteiger partial charge in [0.1, 0.15) is 5.56 Å². The number of aliphatic hydroxyl groups is 1. The number of benzene rings is 1. The van der Waals surface area contributed by atoms with Crippen LogP contribution in [0.25, 0.3) is 4.96 Å². The Morgan fingerprint density at radius 3 is 2.71 bits per heavy atom. The fourth-order valence-electron chi connectivity index (χ4n) is 2.38. The molecule has 1 amide bonds. The molecule has 0 bridgehead atoms. The molecule has 2 N–H and O–H groups in total. The zero-order chi connectivity index (χ0) is 17.1. The minimum absolute atomic E-state index is 0.0124. The third-order valence-corrected chi connectivity index (χ3v) is 4.58. The topological polar surface area (TPSA) is 83.7 Å². The first-order valence-corrected chi connectivity index (χ1v) is 8.35. The third-order valence-electron chi connectivity index (χ3n) is 3.67. The first-order chi connectivity index (χ1) is 11.6. The van der Waals surface area contributed by atoms with Crippen LogP contribution in [0.2, 0.25) is 0 Å². The number of carbonyl (C=O) groups is 1. The second-order valence-corrected chi connectivity index (χ2v) is 6.67. The van der Waals surface area contributed by atoms with Gasteiger partial charge < -0.3 is 10.4 Å². The van der Waals surface area contributed by atoms with Crippen molar-refractivity contribution >= 4 is 22.2 Å². The average Bonchev–Trinajstić information content (AvgIpc) is 2.97. The molecule has 3 aromatic rings. The van der Waals surface area contributed by atoms with E-state index in [9.17, 15) is 9.59 Å². The number of thiazole rings is 1. The van der Waals surface area contributed by atoms with E-state index < -0.39 is 5.91 Å². The van der Waals surface area contributed by atoms with Gasteiger partial charge in [0.25, 0.3) is 11.5 Å². The van der Waals surface area contributed by atoms with Gasteiger partial charge in [-0.2, -0.15) is 0 Å². The van der Waals surface area contributed by atoms with Crippen molar-refractivity contribution in [2.24, 2.45) is 0 Å². The number of rotatable bonds is 5. The lowest BCUT2D eigenvalue weighted by Gasteiger charge is -2.06. The normalized spacial score (nSPS) is 10.9. The van der Waals surface area contributed by atoms with Crippen LogP contribution in [-0.2, 0) is 13.0 Å². The van der Waals surface area contributed by atoms with E-state index in [1.807, 2.05) is 31.2 Å². The Balaban J connectivity index is 1.66. The summed E-state index contributed by atoms with van der Waals surface area (Å²) >= 11 is 1.41. The molecule has 0 spiro atoms. The van der Waals surface area contributed by atoms with Crippen LogP contribution in [0.1, 0.15) is 26.4 Å². The smallest absolute Gasteiger partial charge is 0.271 e. The molecule has 3 rings (SSSR count). The van der Waals surface area contributed by atoms with Crippen molar-refractivity contribution < 1.29 is 9.90 Å². The summed E-state index contributed by atoms with van der Waals surface area (Å²) in [5, 5.41) is 11.8. The Labute approximate surface area is 142 Å². The van der Waals surface area contributed by atoms with Gasteiger partial charge in [-0.05, 0) is 24.5 Å². The van der Waals surface area contributed by atoms with Gasteiger partial charge in [0.05, 0.1) is 6.61 Å². The van der Waals surface area contributed by atoms with E-state index in [0.29, 0.717) is 17.9 Å². The highest BCUT2D eigenvalue weighted by Gasteiger charge is 2.14. The summed E-state index contributed by atoms with van der Waals surface area (Å²) in [5.41, 5.74) is 1.59. The van der Waals surface area contributed by atoms with Crippen LogP contribution in [0, 0.1) is 6.92 Å². The Bertz CT molecular complexity index is 928. The fraction of sp³-hybridized carbons (Fsp3) is 0.235. The second kappa shape index (κ2) is 6.94. The number of amides is 1. The number of aromatic nitrogens is 2. The lowest BCUT2D eigenvalue weighted by molar-refractivity contribution is 0.0952. The predicted octanol–water partition coefficient (Wildman–Crippen LogP) is 1.53. The Morgan fingerprint density at radius 1 is 1.29 bits per heavy atom. The third kappa shape index (κ3) is 3.37. The van der Waals surface area contributed by atoms with E-state index in [1.165, 1.54) is 21.9 Å². The standard InChI is InChI=1S/C17H17N3O3S/c1-11-9-20-16(23)14(8-19-17(20)24-11)15(22)18-7-6-12-2-4-13(10-21)5-3-12/h2-5,8-9,21H,6-7,10H2,1H3,(H,18,22). The Hall–Kier alpha value is -2.51. The number of fused-ring (bicyclic) bond motifs is 1. The first-order valence-electron chi connectivity index (χ1n) is 7.53. The molecule has 0 radical (unpaired) electrons. The van der Waals surface area contributed by atoms with Crippen LogP contribution in [-0.4, -0.2) is 26.9 Å². The highest BCUT2D eigenvalue weighted by atomic mass is 32.1. The van der Waals surface area contributed by atoms with Crippen LogP contribution < -0.4 is 10.9 Å². The van der Waals surface area contributed by atoms with E-state index in [4.69, 9.17) is 5.11 Å². The monoisotopic (exact) mass is 343 g/mol. The number of aliphatic hydroxyl groups excluding tert-OH is 1. The minimum atomic E-state index is -0.419. The number of aryl methyl sites for hydroxylation is 1. The highest BCUT2D eigenvalue weighted by molar-refractivity contribution is 7.16. The second-order valence-electron chi connectivity index (χ2n) is 5.45. The van der Waals surface area contributed by atoms with Crippen LogP contribution in [0.5, 0.6) is 0 Å². The summed E-state index contributed by atoms with van der Waals surface area (Å²) < 4.78 is 1.41. The van der Waals surface area contributed by atoms with Crippen LogP contribution in [0.3, 0.4) is 0 Å². The van der Waals surface area contributed by atoms with Crippen LogP contribution >= 0.6 is 11.3 Å². The van der Waals surface area contributed by atoms with Gasteiger partial charge in [0, 0.05) is 23.8 Å². The number of hydrogen-bond acceptors (Lipinski definition) is 5. The summed E-state index contributed by atoms with van der Waals surface area (Å²) in [6.07, 6.45) is 3.67. The molecule has 0 unspecified atom stereocenters. The molecule has 0 saturated carbocycles. The maximum absolute atomic E-state index is 12.3. The molecule has 0 fully saturated rings. The summed E-state index contributed by atoms with van der Waals surface area (Å²) in [6, 6.07) is 7.52. The van der Waals surface area contributed by atoms with Crippen molar-refractivity contribution in [3.05, 3.63) is 68.6 Å². The van der Waals surface area contributed by atoms with Gasteiger partial charge in [0.2, 0.25) is 0 Å². The van der Waals surface area contributed by atoms with Crippen molar-refractivity contribution in [2.45, 2.75) is 20.0 Å². The maximum Gasteiger partial charge on any atom is 0.271 e. The van der Waals surface area contributed by atoms with E-state index in [0.717, 1.165) is 16.0 Å². The SMILES string of the molecule is Cc1cn2c(=O)c(C(=O)NCCc3ccc(CO)cc3)cnc2s1. The number of nitrogens with zero attached hydrogens (tertiary/aromatic N) is 2. The van der Waals surface area contributed by atoms with Crippen molar-refractivity contribution in [1.29, 1.82) is 0 Å². The van der Waals surface area contributed by atoms with E-state index >= 15 is 0 Å². The summed E-state index contributed by atoms with van der Waals surface area (Å²) in [7, 11) is 0.